The Labute approximate surface area is 182 Å². The van der Waals surface area contributed by atoms with E-state index < -0.39 is 36.6 Å². The highest BCUT2D eigenvalue weighted by atomic mass is 16.5. The fourth-order valence-corrected chi connectivity index (χ4v) is 4.17. The van der Waals surface area contributed by atoms with Crippen molar-refractivity contribution < 1.29 is 23.9 Å². The molecular formula is C23H31N3O5. The summed E-state index contributed by atoms with van der Waals surface area (Å²) in [6.07, 6.45) is 8.10. The van der Waals surface area contributed by atoms with E-state index >= 15 is 0 Å². The van der Waals surface area contributed by atoms with Gasteiger partial charge < -0.3 is 14.6 Å². The molecular weight excluding hydrogens is 398 g/mol. The first-order valence-corrected chi connectivity index (χ1v) is 10.8. The van der Waals surface area contributed by atoms with Gasteiger partial charge in [-0.3, -0.25) is 19.3 Å². The molecule has 1 aliphatic carbocycles. The molecule has 3 amide bonds. The summed E-state index contributed by atoms with van der Waals surface area (Å²) in [7, 11) is 0. The molecule has 8 nitrogen and oxygen atoms in total. The number of imide groups is 1. The third kappa shape index (κ3) is 5.06. The van der Waals surface area contributed by atoms with E-state index in [0.717, 1.165) is 42.1 Å². The average molecular weight is 430 g/mol. The number of hydrogen-bond donors (Lipinski definition) is 1. The van der Waals surface area contributed by atoms with Crippen molar-refractivity contribution in [1.29, 1.82) is 0 Å². The van der Waals surface area contributed by atoms with Crippen LogP contribution in [0.4, 0.5) is 4.79 Å². The second-order valence-electron chi connectivity index (χ2n) is 8.82. The van der Waals surface area contributed by atoms with Gasteiger partial charge in [-0.05, 0) is 65.9 Å². The third-order valence-corrected chi connectivity index (χ3v) is 6.01. The number of nitrogens with zero attached hydrogens (tertiary/aromatic N) is 2. The number of esters is 1. The van der Waals surface area contributed by atoms with E-state index in [9.17, 15) is 19.2 Å². The van der Waals surface area contributed by atoms with Gasteiger partial charge in [0.25, 0.3) is 5.91 Å². The van der Waals surface area contributed by atoms with Crippen LogP contribution in [0, 0.1) is 13.8 Å². The van der Waals surface area contributed by atoms with Gasteiger partial charge in [0.1, 0.15) is 12.1 Å². The molecule has 0 radical (unpaired) electrons. The predicted octanol–water partition coefficient (Wildman–Crippen LogP) is 3.05. The fourth-order valence-electron chi connectivity index (χ4n) is 4.17. The number of rotatable bonds is 8. The Morgan fingerprint density at radius 2 is 1.94 bits per heavy atom. The van der Waals surface area contributed by atoms with Gasteiger partial charge in [0.2, 0.25) is 5.78 Å². The number of nitrogens with one attached hydrogen (secondary N) is 1. The Hall–Kier alpha value is -2.90. The van der Waals surface area contributed by atoms with Crippen molar-refractivity contribution in [3.8, 4) is 0 Å². The number of aryl methyl sites for hydroxylation is 1. The largest absolute Gasteiger partial charge is 0.456 e. The van der Waals surface area contributed by atoms with Gasteiger partial charge in [0.05, 0.1) is 0 Å². The van der Waals surface area contributed by atoms with E-state index in [-0.39, 0.29) is 5.78 Å². The molecule has 168 valence electrons. The summed E-state index contributed by atoms with van der Waals surface area (Å²) >= 11 is 0. The zero-order chi connectivity index (χ0) is 22.8. The van der Waals surface area contributed by atoms with Gasteiger partial charge in [0.15, 0.2) is 6.61 Å². The zero-order valence-corrected chi connectivity index (χ0v) is 18.7. The molecule has 1 aromatic heterocycles. The number of Topliss-reactive ketones (excluding diaryl/α,β-unsaturated/α-hetero) is 1. The minimum atomic E-state index is -1.06. The molecule has 2 aliphatic rings. The quantitative estimate of drug-likeness (QED) is 0.296. The lowest BCUT2D eigenvalue weighted by molar-refractivity contribution is -0.146. The number of hydrogen-bond acceptors (Lipinski definition) is 5. The van der Waals surface area contributed by atoms with Crippen LogP contribution in [0.1, 0.15) is 67.7 Å². The van der Waals surface area contributed by atoms with Crippen LogP contribution in [0.3, 0.4) is 0 Å². The second-order valence-corrected chi connectivity index (χ2v) is 8.82. The molecule has 2 heterocycles. The predicted molar refractivity (Wildman–Crippen MR) is 115 cm³/mol. The number of ether oxygens (including phenoxy) is 1. The number of carbonyl (C=O) groups excluding carboxylic acids is 4. The molecule has 1 aliphatic heterocycles. The number of ketones is 1. The van der Waals surface area contributed by atoms with Crippen molar-refractivity contribution >= 4 is 23.7 Å². The van der Waals surface area contributed by atoms with E-state index in [1.165, 1.54) is 18.4 Å². The first-order valence-electron chi connectivity index (χ1n) is 10.8. The molecule has 1 N–H and O–H groups in total. The number of amides is 3. The van der Waals surface area contributed by atoms with Gasteiger partial charge in [-0.1, -0.05) is 11.6 Å². The standard InChI is InChI=1S/C23H31N3O5/c1-15-12-18(16(2)25(15)11-10-17-8-6-5-7-9-17)19(27)14-31-20(28)13-26-21(29)23(3,4)24-22(26)30/h8,12H,5-7,9-11,13-14H2,1-4H3,(H,24,30). The first-order chi connectivity index (χ1) is 14.6. The molecule has 0 aromatic carbocycles. The SMILES string of the molecule is Cc1cc(C(=O)COC(=O)CN2C(=O)NC(C)(C)C2=O)c(C)n1CCC1=CCCCC1. The molecule has 0 spiro atoms. The normalized spacial score (nSPS) is 18.1. The summed E-state index contributed by atoms with van der Waals surface area (Å²) in [4.78, 5) is 49.6. The van der Waals surface area contributed by atoms with Gasteiger partial charge in [-0.2, -0.15) is 0 Å². The van der Waals surface area contributed by atoms with Crippen LogP contribution in [0.2, 0.25) is 0 Å². The Morgan fingerprint density at radius 3 is 2.55 bits per heavy atom. The first kappa shape index (κ1) is 22.8. The number of carbonyl (C=O) groups is 4. The van der Waals surface area contributed by atoms with Crippen LogP contribution >= 0.6 is 0 Å². The lowest BCUT2D eigenvalue weighted by atomic mass is 9.97. The molecule has 3 rings (SSSR count). The van der Waals surface area contributed by atoms with Crippen molar-refractivity contribution in [2.24, 2.45) is 0 Å². The highest BCUT2D eigenvalue weighted by Crippen LogP contribution is 2.23. The van der Waals surface area contributed by atoms with Crippen molar-refractivity contribution in [2.75, 3.05) is 13.2 Å². The maximum Gasteiger partial charge on any atom is 0.326 e. The molecule has 1 saturated heterocycles. The van der Waals surface area contributed by atoms with Gasteiger partial charge >= 0.3 is 12.0 Å². The van der Waals surface area contributed by atoms with E-state index in [1.807, 2.05) is 19.9 Å². The number of allylic oxidation sites excluding steroid dienone is 2. The monoisotopic (exact) mass is 429 g/mol. The second kappa shape index (κ2) is 9.08. The van der Waals surface area contributed by atoms with Crippen molar-refractivity contribution in [1.82, 2.24) is 14.8 Å². The molecule has 0 unspecified atom stereocenters. The molecule has 8 heteroatoms. The van der Waals surface area contributed by atoms with Crippen LogP contribution < -0.4 is 5.32 Å². The van der Waals surface area contributed by atoms with Crippen LogP contribution in [0.5, 0.6) is 0 Å². The average Bonchev–Trinajstić information content (AvgIpc) is 3.11. The highest BCUT2D eigenvalue weighted by Gasteiger charge is 2.45. The summed E-state index contributed by atoms with van der Waals surface area (Å²) in [5.74, 6) is -1.60. The third-order valence-electron chi connectivity index (χ3n) is 6.01. The van der Waals surface area contributed by atoms with Gasteiger partial charge in [-0.25, -0.2) is 4.79 Å². The van der Waals surface area contributed by atoms with Crippen LogP contribution in [-0.4, -0.2) is 51.8 Å². The molecule has 0 saturated carbocycles. The highest BCUT2D eigenvalue weighted by molar-refractivity contribution is 6.08. The number of aromatic nitrogens is 1. The van der Waals surface area contributed by atoms with Crippen molar-refractivity contribution in [2.45, 2.75) is 71.9 Å². The fraction of sp³-hybridized carbons (Fsp3) is 0.565. The maximum absolute atomic E-state index is 12.6. The lowest BCUT2D eigenvalue weighted by Gasteiger charge is -2.15. The van der Waals surface area contributed by atoms with Gasteiger partial charge in [0, 0.05) is 23.5 Å². The van der Waals surface area contributed by atoms with Crippen LogP contribution in [0.15, 0.2) is 17.7 Å². The van der Waals surface area contributed by atoms with Crippen molar-refractivity contribution in [3.05, 3.63) is 34.7 Å². The molecule has 0 atom stereocenters. The molecule has 31 heavy (non-hydrogen) atoms. The molecule has 1 aromatic rings. The zero-order valence-electron chi connectivity index (χ0n) is 18.7. The van der Waals surface area contributed by atoms with Crippen LogP contribution in [0.25, 0.3) is 0 Å². The summed E-state index contributed by atoms with van der Waals surface area (Å²) in [5, 5.41) is 2.50. The number of urea groups is 1. The van der Waals surface area contributed by atoms with E-state index in [0.29, 0.717) is 5.56 Å². The summed E-state index contributed by atoms with van der Waals surface area (Å²) in [6.45, 7) is 6.84. The Bertz CT molecular complexity index is 941. The van der Waals surface area contributed by atoms with Crippen molar-refractivity contribution in [3.63, 3.8) is 0 Å². The lowest BCUT2D eigenvalue weighted by Crippen LogP contribution is -2.41. The van der Waals surface area contributed by atoms with E-state index in [4.69, 9.17) is 4.74 Å². The van der Waals surface area contributed by atoms with E-state index in [2.05, 4.69) is 16.0 Å². The summed E-state index contributed by atoms with van der Waals surface area (Å²) in [6, 6.07) is 1.18. The topological polar surface area (TPSA) is 97.7 Å². The van der Waals surface area contributed by atoms with E-state index in [1.54, 1.807) is 13.8 Å². The van der Waals surface area contributed by atoms with Gasteiger partial charge in [-0.15, -0.1) is 0 Å². The Balaban J connectivity index is 1.55. The van der Waals surface area contributed by atoms with Crippen LogP contribution in [-0.2, 0) is 20.9 Å². The minimum absolute atomic E-state index is 0.304. The Kier molecular flexibility index (Phi) is 6.67. The molecule has 0 bridgehead atoms. The maximum atomic E-state index is 12.6. The molecule has 1 fully saturated rings. The minimum Gasteiger partial charge on any atom is -0.456 e. The summed E-state index contributed by atoms with van der Waals surface area (Å²) < 4.78 is 7.19. The Morgan fingerprint density at radius 1 is 1.19 bits per heavy atom. The smallest absolute Gasteiger partial charge is 0.326 e. The summed E-state index contributed by atoms with van der Waals surface area (Å²) in [5.41, 5.74) is 2.79.